The molecule has 3 N–H and O–H groups in total. The van der Waals surface area contributed by atoms with Crippen molar-refractivity contribution in [1.29, 1.82) is 0 Å². The summed E-state index contributed by atoms with van der Waals surface area (Å²) in [6.07, 6.45) is 2.60. The van der Waals surface area contributed by atoms with Gasteiger partial charge < -0.3 is 10.0 Å². The zero-order valence-electron chi connectivity index (χ0n) is 17.4. The summed E-state index contributed by atoms with van der Waals surface area (Å²) >= 11 is 3.33. The number of amides is 2. The normalized spacial score (nSPS) is 20.2. The van der Waals surface area contributed by atoms with Gasteiger partial charge in [-0.2, -0.15) is 0 Å². The Balaban J connectivity index is 1.43. The van der Waals surface area contributed by atoms with Gasteiger partial charge in [0.15, 0.2) is 0 Å². The Bertz CT molecular complexity index is 747. The number of hydrogen-bond acceptors (Lipinski definition) is 6. The number of aromatic hydroxyl groups is 1. The minimum absolute atomic E-state index is 0.0980. The van der Waals surface area contributed by atoms with Crippen molar-refractivity contribution in [2.45, 2.75) is 32.2 Å². The van der Waals surface area contributed by atoms with Crippen LogP contribution in [0.1, 0.15) is 25.3 Å². The lowest BCUT2D eigenvalue weighted by atomic mass is 9.97. The Labute approximate surface area is 185 Å². The summed E-state index contributed by atoms with van der Waals surface area (Å²) in [5.74, 6) is -0.0713. The third kappa shape index (κ3) is 5.94. The molecule has 1 aromatic carbocycles. The number of hydroxylamine groups is 1. The smallest absolute Gasteiger partial charge is 0.257 e. The number of carbonyl (C=O) groups excluding carboxylic acids is 2. The highest BCUT2D eigenvalue weighted by atomic mass is 79.9. The molecule has 30 heavy (non-hydrogen) atoms. The van der Waals surface area contributed by atoms with E-state index >= 15 is 0 Å². The van der Waals surface area contributed by atoms with Gasteiger partial charge in [-0.3, -0.25) is 24.6 Å². The number of piperidine rings is 1. The lowest BCUT2D eigenvalue weighted by Crippen LogP contribution is -2.55. The molecule has 9 heteroatoms. The van der Waals surface area contributed by atoms with E-state index in [2.05, 4.69) is 20.8 Å². The standard InChI is InChI=1S/C21H31BrN4O4/c1-15(12-16-2-3-19(27)18(22)13-16)21(29)26-6-4-17(5-7-26)25-10-8-24(9-11-25)14-20(28)23-30/h2-3,13,15,17,27,30H,4-12,14H2,1H3,(H,23,28)/t15-/m1/s1. The van der Waals surface area contributed by atoms with Gasteiger partial charge in [0.25, 0.3) is 5.91 Å². The van der Waals surface area contributed by atoms with Crippen molar-refractivity contribution in [3.63, 3.8) is 0 Å². The van der Waals surface area contributed by atoms with Gasteiger partial charge in [-0.1, -0.05) is 13.0 Å². The summed E-state index contributed by atoms with van der Waals surface area (Å²) in [5, 5.41) is 18.3. The first-order chi connectivity index (χ1) is 14.4. The Kier molecular flexibility index (Phi) is 8.10. The van der Waals surface area contributed by atoms with Crippen LogP contribution < -0.4 is 5.48 Å². The molecule has 8 nitrogen and oxygen atoms in total. The van der Waals surface area contributed by atoms with Gasteiger partial charge in [0.2, 0.25) is 5.91 Å². The molecule has 2 fully saturated rings. The van der Waals surface area contributed by atoms with E-state index in [4.69, 9.17) is 5.21 Å². The molecule has 2 aliphatic rings. The van der Waals surface area contributed by atoms with E-state index in [0.29, 0.717) is 16.9 Å². The summed E-state index contributed by atoms with van der Waals surface area (Å²) in [7, 11) is 0. The number of piperazine rings is 1. The third-order valence-electron chi connectivity index (χ3n) is 6.17. The quantitative estimate of drug-likeness (QED) is 0.419. The molecule has 2 saturated heterocycles. The zero-order chi connectivity index (χ0) is 21.7. The molecule has 1 atom stereocenters. The maximum Gasteiger partial charge on any atom is 0.257 e. The molecule has 0 saturated carbocycles. The molecule has 166 valence electrons. The highest BCUT2D eigenvalue weighted by molar-refractivity contribution is 9.10. The van der Waals surface area contributed by atoms with Crippen molar-refractivity contribution < 1.29 is 19.9 Å². The van der Waals surface area contributed by atoms with E-state index in [1.54, 1.807) is 11.5 Å². The van der Waals surface area contributed by atoms with E-state index < -0.39 is 0 Å². The Morgan fingerprint density at radius 3 is 2.43 bits per heavy atom. The molecule has 2 heterocycles. The van der Waals surface area contributed by atoms with Crippen LogP contribution in [-0.4, -0.2) is 88.7 Å². The molecule has 0 aromatic heterocycles. The van der Waals surface area contributed by atoms with Crippen LogP contribution in [0, 0.1) is 5.92 Å². The van der Waals surface area contributed by atoms with Gasteiger partial charge in [-0.25, -0.2) is 5.48 Å². The third-order valence-corrected chi connectivity index (χ3v) is 6.80. The van der Waals surface area contributed by atoms with Gasteiger partial charge in [-0.05, 0) is 52.9 Å². The van der Waals surface area contributed by atoms with Gasteiger partial charge >= 0.3 is 0 Å². The zero-order valence-corrected chi connectivity index (χ0v) is 19.0. The first-order valence-corrected chi connectivity index (χ1v) is 11.3. The van der Waals surface area contributed by atoms with Gasteiger partial charge in [0, 0.05) is 51.2 Å². The lowest BCUT2D eigenvalue weighted by molar-refractivity contribution is -0.136. The molecular weight excluding hydrogens is 452 g/mol. The number of carbonyl (C=O) groups is 2. The minimum Gasteiger partial charge on any atom is -0.507 e. The average molecular weight is 483 g/mol. The number of likely N-dealkylation sites (tertiary alicyclic amines) is 1. The van der Waals surface area contributed by atoms with Crippen molar-refractivity contribution >= 4 is 27.7 Å². The van der Waals surface area contributed by atoms with Gasteiger partial charge in [-0.15, -0.1) is 0 Å². The van der Waals surface area contributed by atoms with E-state index in [9.17, 15) is 14.7 Å². The molecule has 3 rings (SSSR count). The van der Waals surface area contributed by atoms with E-state index in [1.807, 2.05) is 28.9 Å². The fraction of sp³-hybridized carbons (Fsp3) is 0.619. The average Bonchev–Trinajstić information content (AvgIpc) is 2.76. The molecule has 0 spiro atoms. The summed E-state index contributed by atoms with van der Waals surface area (Å²) in [4.78, 5) is 30.7. The second-order valence-electron chi connectivity index (χ2n) is 8.29. The number of phenolic OH excluding ortho intramolecular Hbond substituents is 1. The van der Waals surface area contributed by atoms with Crippen LogP contribution in [0.3, 0.4) is 0 Å². The van der Waals surface area contributed by atoms with Crippen molar-refractivity contribution in [1.82, 2.24) is 20.2 Å². The molecular formula is C21H31BrN4O4. The molecule has 2 aliphatic heterocycles. The van der Waals surface area contributed by atoms with Crippen molar-refractivity contribution in [2.24, 2.45) is 5.92 Å². The molecule has 0 aliphatic carbocycles. The maximum atomic E-state index is 12.9. The number of rotatable bonds is 6. The van der Waals surface area contributed by atoms with Crippen LogP contribution in [0.4, 0.5) is 0 Å². The highest BCUT2D eigenvalue weighted by Crippen LogP contribution is 2.26. The van der Waals surface area contributed by atoms with Gasteiger partial charge in [0.05, 0.1) is 11.0 Å². The molecule has 0 radical (unpaired) electrons. The predicted octanol–water partition coefficient (Wildman–Crippen LogP) is 1.45. The maximum absolute atomic E-state index is 12.9. The largest absolute Gasteiger partial charge is 0.507 e. The summed E-state index contributed by atoms with van der Waals surface area (Å²) in [6.45, 7) is 7.19. The second-order valence-corrected chi connectivity index (χ2v) is 9.15. The molecule has 1 aromatic rings. The number of phenols is 1. The van der Waals surface area contributed by atoms with E-state index in [1.165, 1.54) is 0 Å². The minimum atomic E-state index is -0.371. The fourth-order valence-electron chi connectivity index (χ4n) is 4.41. The van der Waals surface area contributed by atoms with Crippen molar-refractivity contribution in [2.75, 3.05) is 45.8 Å². The first kappa shape index (κ1) is 23.0. The van der Waals surface area contributed by atoms with E-state index in [0.717, 1.165) is 57.7 Å². The SMILES string of the molecule is C[C@H](Cc1ccc(O)c(Br)c1)C(=O)N1CCC(N2CCN(CC(=O)NO)CC2)CC1. The number of benzene rings is 1. The van der Waals surface area contributed by atoms with Crippen molar-refractivity contribution in [3.8, 4) is 5.75 Å². The summed E-state index contributed by atoms with van der Waals surface area (Å²) in [6, 6.07) is 5.86. The van der Waals surface area contributed by atoms with Crippen LogP contribution in [0.15, 0.2) is 22.7 Å². The van der Waals surface area contributed by atoms with Crippen LogP contribution in [0.2, 0.25) is 0 Å². The van der Waals surface area contributed by atoms with Crippen LogP contribution in [0.5, 0.6) is 5.75 Å². The summed E-state index contributed by atoms with van der Waals surface area (Å²) < 4.78 is 0.651. The van der Waals surface area contributed by atoms with Crippen molar-refractivity contribution in [3.05, 3.63) is 28.2 Å². The van der Waals surface area contributed by atoms with Crippen LogP contribution in [-0.2, 0) is 16.0 Å². The molecule has 0 bridgehead atoms. The Morgan fingerprint density at radius 2 is 1.83 bits per heavy atom. The predicted molar refractivity (Wildman–Crippen MR) is 116 cm³/mol. The Hall–Kier alpha value is -1.68. The van der Waals surface area contributed by atoms with E-state index in [-0.39, 0.29) is 30.0 Å². The lowest BCUT2D eigenvalue weighted by Gasteiger charge is -2.43. The number of nitrogens with one attached hydrogen (secondary N) is 1. The summed E-state index contributed by atoms with van der Waals surface area (Å²) in [5.41, 5.74) is 2.72. The monoisotopic (exact) mass is 482 g/mol. The molecule has 0 unspecified atom stereocenters. The number of hydrogen-bond donors (Lipinski definition) is 3. The topological polar surface area (TPSA) is 96.4 Å². The van der Waals surface area contributed by atoms with Crippen LogP contribution in [0.25, 0.3) is 0 Å². The number of nitrogens with zero attached hydrogens (tertiary/aromatic N) is 3. The number of halogens is 1. The fourth-order valence-corrected chi connectivity index (χ4v) is 4.83. The van der Waals surface area contributed by atoms with Gasteiger partial charge in [0.1, 0.15) is 5.75 Å². The first-order valence-electron chi connectivity index (χ1n) is 10.5. The highest BCUT2D eigenvalue weighted by Gasteiger charge is 2.30. The Morgan fingerprint density at radius 1 is 1.17 bits per heavy atom. The molecule has 2 amide bonds. The van der Waals surface area contributed by atoms with Crippen LogP contribution >= 0.6 is 15.9 Å². The second kappa shape index (κ2) is 10.6.